The van der Waals surface area contributed by atoms with Gasteiger partial charge in [-0.3, -0.25) is 0 Å². The lowest BCUT2D eigenvalue weighted by Crippen LogP contribution is -2.48. The van der Waals surface area contributed by atoms with Crippen LogP contribution in [0.3, 0.4) is 0 Å². The predicted octanol–water partition coefficient (Wildman–Crippen LogP) is 1.75. The van der Waals surface area contributed by atoms with Crippen LogP contribution in [0.15, 0.2) is 0 Å². The molecule has 4 nitrogen and oxygen atoms in total. The van der Waals surface area contributed by atoms with E-state index in [2.05, 4.69) is 12.2 Å². The first-order valence-electron chi connectivity index (χ1n) is 6.46. The minimum absolute atomic E-state index is 0.135. The van der Waals surface area contributed by atoms with Crippen molar-refractivity contribution >= 4 is 6.03 Å². The minimum atomic E-state index is 0.135. The number of amides is 2. The maximum absolute atomic E-state index is 12.1. The highest BCUT2D eigenvalue weighted by molar-refractivity contribution is 5.75. The van der Waals surface area contributed by atoms with Gasteiger partial charge in [-0.15, -0.1) is 0 Å². The van der Waals surface area contributed by atoms with Crippen molar-refractivity contribution in [3.63, 3.8) is 0 Å². The van der Waals surface area contributed by atoms with Crippen molar-refractivity contribution in [1.29, 1.82) is 0 Å². The van der Waals surface area contributed by atoms with Crippen LogP contribution in [0.5, 0.6) is 0 Å². The molecule has 0 aromatic rings. The second-order valence-electron chi connectivity index (χ2n) is 4.73. The van der Waals surface area contributed by atoms with Crippen molar-refractivity contribution in [1.82, 2.24) is 10.2 Å². The van der Waals surface area contributed by atoms with Crippen LogP contribution in [0.1, 0.15) is 39.0 Å². The third-order valence-corrected chi connectivity index (χ3v) is 3.66. The fraction of sp³-hybridized carbons (Fsp3) is 0.917. The van der Waals surface area contributed by atoms with Crippen LogP contribution < -0.4 is 5.32 Å². The average Bonchev–Trinajstić information content (AvgIpc) is 2.78. The highest BCUT2D eigenvalue weighted by Crippen LogP contribution is 2.20. The van der Waals surface area contributed by atoms with Crippen molar-refractivity contribution in [3.05, 3.63) is 0 Å². The van der Waals surface area contributed by atoms with E-state index in [9.17, 15) is 4.79 Å². The molecule has 92 valence electrons. The maximum atomic E-state index is 12.1. The molecule has 2 amide bonds. The third kappa shape index (κ3) is 2.67. The van der Waals surface area contributed by atoms with Gasteiger partial charge in [-0.25, -0.2) is 4.79 Å². The summed E-state index contributed by atoms with van der Waals surface area (Å²) in [5.74, 6) is 0. The topological polar surface area (TPSA) is 41.6 Å². The van der Waals surface area contributed by atoms with Crippen molar-refractivity contribution in [3.8, 4) is 0 Å². The number of carbonyl (C=O) groups excluding carboxylic acids is 1. The molecule has 2 rings (SSSR count). The van der Waals surface area contributed by atoms with Gasteiger partial charge < -0.3 is 15.0 Å². The summed E-state index contributed by atoms with van der Waals surface area (Å²) in [6.07, 6.45) is 5.30. The van der Waals surface area contributed by atoms with Gasteiger partial charge in [-0.05, 0) is 32.1 Å². The molecule has 1 atom stereocenters. The number of rotatable bonds is 2. The summed E-state index contributed by atoms with van der Waals surface area (Å²) in [4.78, 5) is 14.1. The number of hydrogen-bond acceptors (Lipinski definition) is 2. The third-order valence-electron chi connectivity index (χ3n) is 3.66. The molecule has 0 aliphatic carbocycles. The van der Waals surface area contributed by atoms with Crippen LogP contribution in [0.2, 0.25) is 0 Å². The van der Waals surface area contributed by atoms with Gasteiger partial charge >= 0.3 is 6.03 Å². The molecule has 0 spiro atoms. The zero-order valence-electron chi connectivity index (χ0n) is 10.1. The maximum Gasteiger partial charge on any atom is 0.317 e. The van der Waals surface area contributed by atoms with E-state index < -0.39 is 0 Å². The molecule has 0 aromatic heterocycles. The first-order chi connectivity index (χ1) is 7.81. The highest BCUT2D eigenvalue weighted by atomic mass is 16.5. The number of urea groups is 1. The van der Waals surface area contributed by atoms with E-state index in [0.29, 0.717) is 12.1 Å². The van der Waals surface area contributed by atoms with Crippen LogP contribution >= 0.6 is 0 Å². The molecule has 0 saturated carbocycles. The van der Waals surface area contributed by atoms with Crippen molar-refractivity contribution in [2.24, 2.45) is 0 Å². The van der Waals surface area contributed by atoms with Gasteiger partial charge in [-0.1, -0.05) is 6.92 Å². The Morgan fingerprint density at radius 1 is 1.38 bits per heavy atom. The van der Waals surface area contributed by atoms with Crippen LogP contribution in [0.4, 0.5) is 4.79 Å². The number of likely N-dealkylation sites (tertiary alicyclic amines) is 1. The Hall–Kier alpha value is -0.770. The molecular formula is C12H22N2O2. The minimum Gasteiger partial charge on any atom is -0.381 e. The quantitative estimate of drug-likeness (QED) is 0.779. The van der Waals surface area contributed by atoms with Gasteiger partial charge in [-0.2, -0.15) is 0 Å². The van der Waals surface area contributed by atoms with E-state index in [1.165, 1.54) is 0 Å². The normalized spacial score (nSPS) is 27.1. The Morgan fingerprint density at radius 2 is 2.12 bits per heavy atom. The van der Waals surface area contributed by atoms with Crippen molar-refractivity contribution in [2.45, 2.75) is 51.1 Å². The smallest absolute Gasteiger partial charge is 0.317 e. The second-order valence-corrected chi connectivity index (χ2v) is 4.73. The lowest BCUT2D eigenvalue weighted by atomic mass is 10.1. The number of nitrogens with one attached hydrogen (secondary N) is 1. The Bertz CT molecular complexity index is 239. The molecule has 2 aliphatic rings. The van der Waals surface area contributed by atoms with E-state index >= 15 is 0 Å². The van der Waals surface area contributed by atoms with E-state index in [-0.39, 0.29) is 6.03 Å². The monoisotopic (exact) mass is 226 g/mol. The van der Waals surface area contributed by atoms with Crippen LogP contribution in [0, 0.1) is 0 Å². The highest BCUT2D eigenvalue weighted by Gasteiger charge is 2.28. The number of nitrogens with zero attached hydrogens (tertiary/aromatic N) is 1. The van der Waals surface area contributed by atoms with Gasteiger partial charge in [0.2, 0.25) is 0 Å². The van der Waals surface area contributed by atoms with Crippen LogP contribution in [-0.2, 0) is 4.74 Å². The second kappa shape index (κ2) is 5.53. The molecule has 0 bridgehead atoms. The van der Waals surface area contributed by atoms with E-state index in [1.807, 2.05) is 4.90 Å². The van der Waals surface area contributed by atoms with Crippen LogP contribution in [-0.4, -0.2) is 42.8 Å². The largest absolute Gasteiger partial charge is 0.381 e. The van der Waals surface area contributed by atoms with E-state index in [0.717, 1.165) is 51.9 Å². The molecule has 0 radical (unpaired) electrons. The molecule has 1 unspecified atom stereocenters. The lowest BCUT2D eigenvalue weighted by Gasteiger charge is -2.29. The summed E-state index contributed by atoms with van der Waals surface area (Å²) in [5.41, 5.74) is 0. The molecule has 1 N–H and O–H groups in total. The zero-order valence-corrected chi connectivity index (χ0v) is 10.1. The Kier molecular flexibility index (Phi) is 4.04. The van der Waals surface area contributed by atoms with Gasteiger partial charge in [0.05, 0.1) is 0 Å². The predicted molar refractivity (Wildman–Crippen MR) is 62.4 cm³/mol. The van der Waals surface area contributed by atoms with Gasteiger partial charge in [0.1, 0.15) is 0 Å². The van der Waals surface area contributed by atoms with Crippen molar-refractivity contribution in [2.75, 3.05) is 19.8 Å². The molecule has 2 heterocycles. The summed E-state index contributed by atoms with van der Waals surface area (Å²) in [6.45, 7) is 4.64. The molecule has 2 fully saturated rings. The lowest BCUT2D eigenvalue weighted by molar-refractivity contribution is 0.0778. The van der Waals surface area contributed by atoms with Gasteiger partial charge in [0.25, 0.3) is 0 Å². The number of ether oxygens (including phenoxy) is 1. The molecule has 4 heteroatoms. The Labute approximate surface area is 97.3 Å². The summed E-state index contributed by atoms with van der Waals surface area (Å²) < 4.78 is 5.28. The standard InChI is InChI=1S/C12H22N2O2/c1-2-11-4-3-7-14(11)12(15)13-10-5-8-16-9-6-10/h10-11H,2-9H2,1H3,(H,13,15). The molecule has 2 aliphatic heterocycles. The summed E-state index contributed by atoms with van der Waals surface area (Å²) >= 11 is 0. The average molecular weight is 226 g/mol. The van der Waals surface area contributed by atoms with Crippen molar-refractivity contribution < 1.29 is 9.53 Å². The SMILES string of the molecule is CCC1CCCN1C(=O)NC1CCOCC1. The van der Waals surface area contributed by atoms with E-state index in [4.69, 9.17) is 4.74 Å². The Balaban J connectivity index is 1.82. The number of hydrogen-bond donors (Lipinski definition) is 1. The first-order valence-corrected chi connectivity index (χ1v) is 6.46. The molecule has 16 heavy (non-hydrogen) atoms. The molecule has 0 aromatic carbocycles. The summed E-state index contributed by atoms with van der Waals surface area (Å²) in [6, 6.07) is 0.912. The number of carbonyl (C=O) groups is 1. The summed E-state index contributed by atoms with van der Waals surface area (Å²) in [5, 5.41) is 3.13. The van der Waals surface area contributed by atoms with E-state index in [1.54, 1.807) is 0 Å². The summed E-state index contributed by atoms with van der Waals surface area (Å²) in [7, 11) is 0. The fourth-order valence-electron chi connectivity index (χ4n) is 2.63. The molecule has 2 saturated heterocycles. The zero-order chi connectivity index (χ0) is 11.4. The fourth-order valence-corrected chi connectivity index (χ4v) is 2.63. The van der Waals surface area contributed by atoms with Gasteiger partial charge in [0, 0.05) is 31.8 Å². The Morgan fingerprint density at radius 3 is 2.81 bits per heavy atom. The first kappa shape index (κ1) is 11.7. The van der Waals surface area contributed by atoms with Crippen LogP contribution in [0.25, 0.3) is 0 Å². The van der Waals surface area contributed by atoms with Gasteiger partial charge in [0.15, 0.2) is 0 Å². The molecular weight excluding hydrogens is 204 g/mol.